The van der Waals surface area contributed by atoms with Crippen LogP contribution in [0.15, 0.2) is 41.8 Å². The molecule has 206 valence electrons. The molecule has 1 saturated carbocycles. The number of ether oxygens (including phenoxy) is 2. The summed E-state index contributed by atoms with van der Waals surface area (Å²) in [6, 6.07) is 3.53. The van der Waals surface area contributed by atoms with Crippen LogP contribution in [0.5, 0.6) is 5.88 Å². The number of hydrogen-bond acceptors (Lipinski definition) is 10. The summed E-state index contributed by atoms with van der Waals surface area (Å²) >= 11 is 5.91. The zero-order chi connectivity index (χ0) is 27.1. The van der Waals surface area contributed by atoms with Gasteiger partial charge in [-0.25, -0.2) is 27.8 Å². The number of fused-ring (bicyclic) bond motifs is 2. The fraction of sp³-hybridized carbons (Fsp3) is 0.440. The molecule has 2 bridgehead atoms. The summed E-state index contributed by atoms with van der Waals surface area (Å²) in [5.74, 6) is -1.94. The van der Waals surface area contributed by atoms with E-state index in [1.165, 1.54) is 24.5 Å². The summed E-state index contributed by atoms with van der Waals surface area (Å²) < 4.78 is 67.3. The van der Waals surface area contributed by atoms with Crippen molar-refractivity contribution in [3.05, 3.63) is 53.6 Å². The van der Waals surface area contributed by atoms with Crippen LogP contribution in [0.4, 0.5) is 26.2 Å². The van der Waals surface area contributed by atoms with Crippen molar-refractivity contribution in [2.75, 3.05) is 36.5 Å². The molecule has 0 spiro atoms. The molecule has 1 aliphatic carbocycles. The lowest BCUT2D eigenvalue weighted by Crippen LogP contribution is -2.58. The number of nitrogens with zero attached hydrogens (tertiary/aromatic N) is 5. The van der Waals surface area contributed by atoms with Crippen molar-refractivity contribution in [3.8, 4) is 5.88 Å². The smallest absolute Gasteiger partial charge is 0.256 e. The molecule has 6 rings (SSSR count). The average Bonchev–Trinajstić information content (AvgIpc) is 2.86. The van der Waals surface area contributed by atoms with Crippen LogP contribution < -0.4 is 15.0 Å². The number of nitrogens with one attached hydrogen (secondary N) is 1. The van der Waals surface area contributed by atoms with E-state index in [1.54, 1.807) is 0 Å². The van der Waals surface area contributed by atoms with Gasteiger partial charge in [-0.15, -0.1) is 0 Å². The van der Waals surface area contributed by atoms with Gasteiger partial charge < -0.3 is 19.7 Å². The van der Waals surface area contributed by atoms with Gasteiger partial charge in [0.25, 0.3) is 5.88 Å². The van der Waals surface area contributed by atoms with Crippen LogP contribution >= 0.6 is 11.6 Å². The largest absolute Gasteiger partial charge is 0.471 e. The molecule has 1 N–H and O–H groups in total. The van der Waals surface area contributed by atoms with Crippen LogP contribution in [0.3, 0.4) is 0 Å². The topological polar surface area (TPSA) is 119 Å². The summed E-state index contributed by atoms with van der Waals surface area (Å²) in [6.45, 7) is 1.87. The van der Waals surface area contributed by atoms with E-state index in [0.29, 0.717) is 50.1 Å². The molecule has 3 fully saturated rings. The van der Waals surface area contributed by atoms with Crippen molar-refractivity contribution in [2.45, 2.75) is 35.5 Å². The third kappa shape index (κ3) is 5.10. The third-order valence-electron chi connectivity index (χ3n) is 7.41. The number of halogens is 3. The van der Waals surface area contributed by atoms with Gasteiger partial charge in [-0.2, -0.15) is 9.37 Å². The zero-order valence-corrected chi connectivity index (χ0v) is 22.2. The lowest BCUT2D eigenvalue weighted by Gasteiger charge is -2.46. The first-order valence-electron chi connectivity index (χ1n) is 12.6. The number of piperidine rings is 1. The highest BCUT2D eigenvalue weighted by molar-refractivity contribution is 7.92. The Kier molecular flexibility index (Phi) is 6.98. The number of rotatable bonds is 7. The molecule has 14 heteroatoms. The van der Waals surface area contributed by atoms with Crippen molar-refractivity contribution in [1.82, 2.24) is 19.9 Å². The van der Waals surface area contributed by atoms with E-state index in [1.807, 2.05) is 4.90 Å². The second kappa shape index (κ2) is 10.4. The van der Waals surface area contributed by atoms with Crippen molar-refractivity contribution in [1.29, 1.82) is 0 Å². The molecule has 2 saturated heterocycles. The molecular weight excluding hydrogens is 554 g/mol. The molecule has 3 aliphatic rings. The van der Waals surface area contributed by atoms with Crippen molar-refractivity contribution >= 4 is 38.9 Å². The van der Waals surface area contributed by atoms with Gasteiger partial charge in [-0.05, 0) is 31.0 Å². The SMILES string of the molecule is O=S(=O)(c1ccc(Nc2ncnc(OC3C4COCC3CN(c3ncc(Cl)cn3)C4)c2F)c(F)c1)C1CCC1. The highest BCUT2D eigenvalue weighted by Crippen LogP contribution is 2.35. The maximum absolute atomic E-state index is 15.4. The third-order valence-corrected chi connectivity index (χ3v) is 9.87. The first-order valence-corrected chi connectivity index (χ1v) is 14.5. The summed E-state index contributed by atoms with van der Waals surface area (Å²) in [6.07, 6.45) is 5.79. The number of anilines is 3. The van der Waals surface area contributed by atoms with Crippen LogP contribution in [0.1, 0.15) is 19.3 Å². The average molecular weight is 579 g/mol. The normalized spacial score (nSPS) is 23.3. The van der Waals surface area contributed by atoms with E-state index in [-0.39, 0.29) is 40.2 Å². The molecule has 3 aromatic rings. The second-order valence-electron chi connectivity index (χ2n) is 9.95. The lowest BCUT2D eigenvalue weighted by atomic mass is 9.84. The van der Waals surface area contributed by atoms with Gasteiger partial charge in [0.15, 0.2) is 15.7 Å². The van der Waals surface area contributed by atoms with Crippen LogP contribution in [-0.4, -0.2) is 66.0 Å². The molecular formula is C25H25ClF2N6O4S. The van der Waals surface area contributed by atoms with Crippen molar-refractivity contribution in [2.24, 2.45) is 11.8 Å². The van der Waals surface area contributed by atoms with Gasteiger partial charge in [-0.3, -0.25) is 0 Å². The molecule has 10 nitrogen and oxygen atoms in total. The summed E-state index contributed by atoms with van der Waals surface area (Å²) in [5, 5.41) is 2.56. The van der Waals surface area contributed by atoms with E-state index in [9.17, 15) is 12.8 Å². The molecule has 2 aliphatic heterocycles. The monoisotopic (exact) mass is 578 g/mol. The van der Waals surface area contributed by atoms with Gasteiger partial charge in [0.05, 0.1) is 46.5 Å². The minimum atomic E-state index is -3.59. The predicted octanol–water partition coefficient (Wildman–Crippen LogP) is 3.80. The molecule has 1 aromatic carbocycles. The Morgan fingerprint density at radius 2 is 1.77 bits per heavy atom. The second-order valence-corrected chi connectivity index (χ2v) is 12.6. The van der Waals surface area contributed by atoms with Crippen LogP contribution in [0, 0.1) is 23.5 Å². The quantitative estimate of drug-likeness (QED) is 0.443. The summed E-state index contributed by atoms with van der Waals surface area (Å²) in [5.41, 5.74) is -0.118. The molecule has 2 aromatic heterocycles. The Balaban J connectivity index is 1.18. The van der Waals surface area contributed by atoms with E-state index in [4.69, 9.17) is 21.1 Å². The maximum Gasteiger partial charge on any atom is 0.256 e. The Labute approximate surface area is 228 Å². The Morgan fingerprint density at radius 1 is 1.05 bits per heavy atom. The van der Waals surface area contributed by atoms with Gasteiger partial charge in [0.2, 0.25) is 11.8 Å². The Hall–Kier alpha value is -3.16. The van der Waals surface area contributed by atoms with Gasteiger partial charge in [-0.1, -0.05) is 18.0 Å². The first kappa shape index (κ1) is 26.1. The molecule has 4 heterocycles. The highest BCUT2D eigenvalue weighted by atomic mass is 35.5. The van der Waals surface area contributed by atoms with Gasteiger partial charge in [0.1, 0.15) is 18.2 Å². The predicted molar refractivity (Wildman–Crippen MR) is 138 cm³/mol. The standard InChI is InChI=1S/C25H25ClF2N6O4S/c26-16-7-29-25(30-8-16)34-9-14-11-37-12-15(10-34)22(14)38-24-21(28)23(31-13-32-24)33-20-5-4-18(6-19(20)27)39(35,36)17-2-1-3-17/h4-8,13-15,17,22H,1-3,9-12H2,(H,31,32,33). The lowest BCUT2D eigenvalue weighted by molar-refractivity contribution is -0.0780. The number of benzene rings is 1. The van der Waals surface area contributed by atoms with E-state index in [2.05, 4.69) is 25.3 Å². The van der Waals surface area contributed by atoms with Crippen molar-refractivity contribution in [3.63, 3.8) is 0 Å². The van der Waals surface area contributed by atoms with Crippen LogP contribution in [-0.2, 0) is 14.6 Å². The molecule has 2 unspecified atom stereocenters. The fourth-order valence-electron chi connectivity index (χ4n) is 5.15. The first-order chi connectivity index (χ1) is 18.8. The van der Waals surface area contributed by atoms with Crippen LogP contribution in [0.25, 0.3) is 0 Å². The number of sulfone groups is 1. The molecule has 2 atom stereocenters. The Morgan fingerprint density at radius 3 is 2.41 bits per heavy atom. The molecule has 0 amide bonds. The summed E-state index contributed by atoms with van der Waals surface area (Å²) in [7, 11) is -3.59. The number of hydrogen-bond donors (Lipinski definition) is 1. The molecule has 39 heavy (non-hydrogen) atoms. The van der Waals surface area contributed by atoms with Crippen LogP contribution in [0.2, 0.25) is 5.02 Å². The summed E-state index contributed by atoms with van der Waals surface area (Å²) in [4.78, 5) is 18.4. The minimum Gasteiger partial charge on any atom is -0.471 e. The van der Waals surface area contributed by atoms with E-state index >= 15 is 4.39 Å². The van der Waals surface area contributed by atoms with Gasteiger partial charge in [0, 0.05) is 24.9 Å². The Bertz CT molecular complexity index is 1460. The van der Waals surface area contributed by atoms with E-state index in [0.717, 1.165) is 18.8 Å². The molecule has 0 radical (unpaired) electrons. The van der Waals surface area contributed by atoms with Crippen molar-refractivity contribution < 1.29 is 26.7 Å². The number of aromatic nitrogens is 4. The minimum absolute atomic E-state index is 0.0912. The van der Waals surface area contributed by atoms with Gasteiger partial charge >= 0.3 is 0 Å². The highest BCUT2D eigenvalue weighted by Gasteiger charge is 2.43. The maximum atomic E-state index is 15.4. The van der Waals surface area contributed by atoms with E-state index < -0.39 is 26.7 Å². The zero-order valence-electron chi connectivity index (χ0n) is 20.6. The fourth-order valence-corrected chi connectivity index (χ4v) is 7.11.